The fourth-order valence-corrected chi connectivity index (χ4v) is 6.95. The van der Waals surface area contributed by atoms with E-state index < -0.39 is 0 Å². The lowest BCUT2D eigenvalue weighted by Gasteiger charge is -2.26. The van der Waals surface area contributed by atoms with Crippen LogP contribution in [0, 0.1) is 0 Å². The average Bonchev–Trinajstić information content (AvgIpc) is 3.48. The van der Waals surface area contributed by atoms with E-state index in [1.165, 1.54) is 49.4 Å². The summed E-state index contributed by atoms with van der Waals surface area (Å²) in [4.78, 5) is 6.90. The molecule has 3 nitrogen and oxygen atoms in total. The maximum Gasteiger partial charge on any atom is 0.0702 e. The first-order valence-electron chi connectivity index (χ1n) is 15.6. The number of rotatable bonds is 6. The van der Waals surface area contributed by atoms with E-state index in [-0.39, 0.29) is 0 Å². The molecule has 0 saturated carbocycles. The van der Waals surface area contributed by atoms with Crippen molar-refractivity contribution in [2.45, 2.75) is 0 Å². The molecule has 0 saturated heterocycles. The number of hydrogen-bond acceptors (Lipinski definition) is 2. The molecule has 3 heteroatoms. The topological polar surface area (TPSA) is 21.1 Å². The normalized spacial score (nSPS) is 11.5. The average molecular weight is 588 g/mol. The third-order valence-electron chi connectivity index (χ3n) is 8.99. The molecule has 0 N–H and O–H groups in total. The number of pyridine rings is 1. The quantitative estimate of drug-likeness (QED) is 0.180. The summed E-state index contributed by atoms with van der Waals surface area (Å²) < 4.78 is 2.40. The van der Waals surface area contributed by atoms with Crippen LogP contribution in [0.4, 0.5) is 17.1 Å². The van der Waals surface area contributed by atoms with E-state index in [0.29, 0.717) is 0 Å². The predicted octanol–water partition coefficient (Wildman–Crippen LogP) is 11.6. The molecule has 0 spiro atoms. The summed E-state index contributed by atoms with van der Waals surface area (Å²) in [5.41, 5.74) is 11.4. The van der Waals surface area contributed by atoms with Gasteiger partial charge in [0.1, 0.15) is 0 Å². The minimum absolute atomic E-state index is 0.960. The molecule has 46 heavy (non-hydrogen) atoms. The number of aromatic nitrogens is 2. The van der Waals surface area contributed by atoms with Gasteiger partial charge in [-0.15, -0.1) is 0 Å². The number of para-hydroxylation sites is 2. The van der Waals surface area contributed by atoms with Crippen molar-refractivity contribution in [1.82, 2.24) is 9.55 Å². The van der Waals surface area contributed by atoms with Crippen LogP contribution in [0.2, 0.25) is 0 Å². The number of benzene rings is 7. The summed E-state index contributed by atoms with van der Waals surface area (Å²) in [6.45, 7) is 0. The molecule has 0 bridgehead atoms. The number of anilines is 3. The molecule has 9 rings (SSSR count). The summed E-state index contributed by atoms with van der Waals surface area (Å²) in [6.07, 6.45) is 1.84. The molecule has 0 amide bonds. The maximum atomic E-state index is 4.59. The minimum atomic E-state index is 0.960. The molecule has 0 fully saturated rings. The van der Waals surface area contributed by atoms with E-state index in [1.807, 2.05) is 18.3 Å². The second kappa shape index (κ2) is 10.8. The summed E-state index contributed by atoms with van der Waals surface area (Å²) in [5.74, 6) is 0. The monoisotopic (exact) mass is 587 g/mol. The second-order valence-corrected chi connectivity index (χ2v) is 11.6. The Balaban J connectivity index is 1.17. The van der Waals surface area contributed by atoms with Crippen LogP contribution in [-0.4, -0.2) is 9.55 Å². The Bertz CT molecular complexity index is 2450. The van der Waals surface area contributed by atoms with E-state index in [1.54, 1.807) is 0 Å². The van der Waals surface area contributed by atoms with Gasteiger partial charge >= 0.3 is 0 Å². The van der Waals surface area contributed by atoms with Gasteiger partial charge in [-0.25, -0.2) is 0 Å². The van der Waals surface area contributed by atoms with Gasteiger partial charge in [0, 0.05) is 45.3 Å². The largest absolute Gasteiger partial charge is 0.310 e. The summed E-state index contributed by atoms with van der Waals surface area (Å²) >= 11 is 0. The molecule has 7 aromatic carbocycles. The molecule has 0 aliphatic rings. The fraction of sp³-hybridized carbons (Fsp3) is 0. The van der Waals surface area contributed by atoms with E-state index in [0.717, 1.165) is 28.3 Å². The summed E-state index contributed by atoms with van der Waals surface area (Å²) in [6, 6.07) is 60.6. The first-order chi connectivity index (χ1) is 22.8. The van der Waals surface area contributed by atoms with E-state index >= 15 is 0 Å². The van der Waals surface area contributed by atoms with Crippen LogP contribution in [0.1, 0.15) is 0 Å². The summed E-state index contributed by atoms with van der Waals surface area (Å²) in [5, 5.41) is 5.17. The highest BCUT2D eigenvalue weighted by Crippen LogP contribution is 2.43. The lowest BCUT2D eigenvalue weighted by atomic mass is 9.94. The molecule has 2 aromatic heterocycles. The molecule has 0 aliphatic carbocycles. The second-order valence-electron chi connectivity index (χ2n) is 11.6. The molecule has 2 heterocycles. The third kappa shape index (κ3) is 4.25. The Morgan fingerprint density at radius 2 is 1.17 bits per heavy atom. The first-order valence-corrected chi connectivity index (χ1v) is 15.6. The predicted molar refractivity (Wildman–Crippen MR) is 193 cm³/mol. The van der Waals surface area contributed by atoms with Crippen LogP contribution in [0.5, 0.6) is 0 Å². The van der Waals surface area contributed by atoms with Crippen molar-refractivity contribution in [3.8, 4) is 28.1 Å². The molecule has 0 radical (unpaired) electrons. The Kier molecular flexibility index (Phi) is 6.14. The molecule has 0 aliphatic heterocycles. The Morgan fingerprint density at radius 1 is 0.457 bits per heavy atom. The molecule has 0 unspecified atom stereocenters. The van der Waals surface area contributed by atoms with E-state index in [2.05, 4.69) is 172 Å². The van der Waals surface area contributed by atoms with Gasteiger partial charge in [-0.3, -0.25) is 4.98 Å². The van der Waals surface area contributed by atoms with Gasteiger partial charge in [0.15, 0.2) is 0 Å². The zero-order valence-electron chi connectivity index (χ0n) is 25.1. The Morgan fingerprint density at radius 3 is 1.98 bits per heavy atom. The van der Waals surface area contributed by atoms with Crippen molar-refractivity contribution < 1.29 is 0 Å². The van der Waals surface area contributed by atoms with Gasteiger partial charge in [-0.05, 0) is 94.7 Å². The SMILES string of the molecule is c1ccc(N(c2ccc(-c3ccc4c5c3ccc3cccc(c35)n4-c3ccccc3)cc2)c2cccc(-c3ccccn3)c2)cc1. The molecule has 9 aromatic rings. The molecule has 0 atom stereocenters. The molecule has 216 valence electrons. The van der Waals surface area contributed by atoms with Crippen LogP contribution < -0.4 is 4.90 Å². The van der Waals surface area contributed by atoms with Crippen molar-refractivity contribution in [3.63, 3.8) is 0 Å². The van der Waals surface area contributed by atoms with Crippen LogP contribution >= 0.6 is 0 Å². The highest BCUT2D eigenvalue weighted by molar-refractivity contribution is 6.26. The fourth-order valence-electron chi connectivity index (χ4n) is 6.95. The third-order valence-corrected chi connectivity index (χ3v) is 8.99. The number of hydrogen-bond donors (Lipinski definition) is 0. The van der Waals surface area contributed by atoms with Crippen LogP contribution in [0.3, 0.4) is 0 Å². The maximum absolute atomic E-state index is 4.59. The van der Waals surface area contributed by atoms with Crippen LogP contribution in [-0.2, 0) is 0 Å². The summed E-state index contributed by atoms with van der Waals surface area (Å²) in [7, 11) is 0. The molecular formula is C43H29N3. The van der Waals surface area contributed by atoms with Crippen molar-refractivity contribution >= 4 is 49.6 Å². The first kappa shape index (κ1) is 26.2. The van der Waals surface area contributed by atoms with E-state index in [9.17, 15) is 0 Å². The van der Waals surface area contributed by atoms with Gasteiger partial charge in [-0.2, -0.15) is 0 Å². The Labute approximate surface area is 267 Å². The van der Waals surface area contributed by atoms with Gasteiger partial charge in [0.05, 0.1) is 16.7 Å². The van der Waals surface area contributed by atoms with Crippen molar-refractivity contribution in [3.05, 3.63) is 176 Å². The molecular weight excluding hydrogens is 558 g/mol. The van der Waals surface area contributed by atoms with Crippen molar-refractivity contribution in [1.29, 1.82) is 0 Å². The highest BCUT2D eigenvalue weighted by Gasteiger charge is 2.19. The highest BCUT2D eigenvalue weighted by atomic mass is 15.1. The van der Waals surface area contributed by atoms with Gasteiger partial charge in [0.2, 0.25) is 0 Å². The van der Waals surface area contributed by atoms with Crippen LogP contribution in [0.15, 0.2) is 176 Å². The van der Waals surface area contributed by atoms with Crippen LogP contribution in [0.25, 0.3) is 60.6 Å². The van der Waals surface area contributed by atoms with Crippen molar-refractivity contribution in [2.24, 2.45) is 0 Å². The zero-order valence-corrected chi connectivity index (χ0v) is 25.1. The zero-order chi connectivity index (χ0) is 30.5. The standard InChI is InChI=1S/C43H29N3/c1-3-13-33(14-4-1)45(36-17-9-12-32(29-36)39-18-7-8-28-44-39)35-23-20-30(21-24-35)37-26-27-41-43-38(37)25-22-31-11-10-19-40(42(31)43)46(41)34-15-5-2-6-16-34/h1-29H. The van der Waals surface area contributed by atoms with E-state index in [4.69, 9.17) is 0 Å². The lowest BCUT2D eigenvalue weighted by Crippen LogP contribution is -2.09. The van der Waals surface area contributed by atoms with Gasteiger partial charge in [0.25, 0.3) is 0 Å². The van der Waals surface area contributed by atoms with Gasteiger partial charge < -0.3 is 9.47 Å². The minimum Gasteiger partial charge on any atom is -0.310 e. The Hall–Kier alpha value is -6.19. The van der Waals surface area contributed by atoms with Gasteiger partial charge in [-0.1, -0.05) is 97.1 Å². The lowest BCUT2D eigenvalue weighted by molar-refractivity contribution is 1.18. The number of nitrogens with zero attached hydrogens (tertiary/aromatic N) is 3. The smallest absolute Gasteiger partial charge is 0.0702 e. The van der Waals surface area contributed by atoms with Crippen molar-refractivity contribution in [2.75, 3.05) is 4.90 Å².